The normalized spacial score (nSPS) is 12.2. The minimum absolute atomic E-state index is 0.580. The molecule has 13 rings (SSSR count). The van der Waals surface area contributed by atoms with Crippen LogP contribution in [0.5, 0.6) is 0 Å². The van der Waals surface area contributed by atoms with Crippen molar-refractivity contribution in [1.82, 2.24) is 19.9 Å². The second kappa shape index (κ2) is 19.1. The first-order valence-electron chi connectivity index (χ1n) is 25.6. The largest absolute Gasteiger partial charge is 0.258 e. The lowest BCUT2D eigenvalue weighted by molar-refractivity contribution is 0.768. The Morgan fingerprint density at radius 2 is 0.720 bits per heavy atom. The molecular formula is C71H50N4. The van der Waals surface area contributed by atoms with Crippen LogP contribution in [0.1, 0.15) is 33.6 Å². The number of hydrogen-bond donors (Lipinski definition) is 0. The van der Waals surface area contributed by atoms with E-state index in [1.807, 2.05) is 6.92 Å². The SMILES string of the molecule is Cc1ccc(-c2cccc(-c3nc(-c4ccc(-c5c(-c6ccccc6)cc(-c6ccccc6)cc5-c5ccccc5)cc4)nc(-c4cccc5c4-c4ccccc4C5(c4ccccc4)c4ccccc4)n3)c2)c(C)n1. The van der Waals surface area contributed by atoms with Crippen molar-refractivity contribution in [3.05, 3.63) is 301 Å². The standard InChI is InChI=1S/C71H50N4/c1-47-38-43-59(48(2)72-47)54-28-20-29-55(44-54)69-73-68(74-70(75-69)61-35-21-37-65-67(61)60-34-18-19-36-64(60)71(65,57-30-14-6-15-31-57)58-32-16-7-17-33-58)53-41-39-52(40-42-53)66-62(50-24-10-4-11-25-50)45-56(49-22-8-3-9-23-49)46-63(66)51-26-12-5-13-27-51/h3-46H,1-2H3. The molecule has 0 spiro atoms. The van der Waals surface area contributed by atoms with Crippen LogP contribution in [0.4, 0.5) is 0 Å². The van der Waals surface area contributed by atoms with Gasteiger partial charge in [0.05, 0.1) is 5.41 Å². The first kappa shape index (κ1) is 45.2. The van der Waals surface area contributed by atoms with E-state index in [4.69, 9.17) is 19.9 Å². The molecule has 4 nitrogen and oxygen atoms in total. The molecule has 2 heterocycles. The molecule has 0 saturated carbocycles. The van der Waals surface area contributed by atoms with Gasteiger partial charge in [-0.25, -0.2) is 15.0 Å². The van der Waals surface area contributed by atoms with Crippen LogP contribution in [0.15, 0.2) is 267 Å². The number of nitrogens with zero attached hydrogens (tertiary/aromatic N) is 4. The molecule has 0 atom stereocenters. The number of fused-ring (bicyclic) bond motifs is 3. The van der Waals surface area contributed by atoms with Crippen molar-refractivity contribution in [3.8, 4) is 101 Å². The van der Waals surface area contributed by atoms with Crippen molar-refractivity contribution in [1.29, 1.82) is 0 Å². The Kier molecular flexibility index (Phi) is 11.5. The zero-order chi connectivity index (χ0) is 50.3. The molecule has 0 bridgehead atoms. The van der Waals surface area contributed by atoms with Gasteiger partial charge in [-0.05, 0) is 122 Å². The van der Waals surface area contributed by atoms with Gasteiger partial charge in [-0.1, -0.05) is 243 Å². The van der Waals surface area contributed by atoms with Gasteiger partial charge in [0.25, 0.3) is 0 Å². The predicted molar refractivity (Wildman–Crippen MR) is 308 cm³/mol. The van der Waals surface area contributed by atoms with Gasteiger partial charge in [-0.2, -0.15) is 0 Å². The van der Waals surface area contributed by atoms with E-state index in [1.165, 1.54) is 27.8 Å². The van der Waals surface area contributed by atoms with E-state index in [9.17, 15) is 0 Å². The summed E-state index contributed by atoms with van der Waals surface area (Å²) in [5.41, 5.74) is 22.6. The molecule has 0 saturated heterocycles. The van der Waals surface area contributed by atoms with E-state index in [2.05, 4.69) is 274 Å². The molecule has 1 aliphatic rings. The highest BCUT2D eigenvalue weighted by Crippen LogP contribution is 2.58. The maximum atomic E-state index is 5.49. The molecule has 2 aromatic heterocycles. The lowest BCUT2D eigenvalue weighted by Gasteiger charge is -2.33. The topological polar surface area (TPSA) is 51.6 Å². The average molecular weight is 959 g/mol. The molecule has 0 amide bonds. The molecule has 0 fully saturated rings. The van der Waals surface area contributed by atoms with Crippen molar-refractivity contribution < 1.29 is 0 Å². The second-order valence-corrected chi connectivity index (χ2v) is 19.4. The number of hydrogen-bond acceptors (Lipinski definition) is 4. The molecule has 10 aromatic carbocycles. The van der Waals surface area contributed by atoms with Gasteiger partial charge in [0.2, 0.25) is 0 Å². The van der Waals surface area contributed by atoms with Gasteiger partial charge in [0, 0.05) is 33.6 Å². The van der Waals surface area contributed by atoms with E-state index in [0.717, 1.165) is 89.3 Å². The summed E-state index contributed by atoms with van der Waals surface area (Å²) in [4.78, 5) is 21.1. The summed E-state index contributed by atoms with van der Waals surface area (Å²) in [5.74, 6) is 1.79. The summed E-state index contributed by atoms with van der Waals surface area (Å²) >= 11 is 0. The van der Waals surface area contributed by atoms with E-state index < -0.39 is 5.41 Å². The van der Waals surface area contributed by atoms with Gasteiger partial charge in [0.15, 0.2) is 17.5 Å². The fraction of sp³-hybridized carbons (Fsp3) is 0.0423. The van der Waals surface area contributed by atoms with Crippen molar-refractivity contribution in [2.24, 2.45) is 0 Å². The number of aryl methyl sites for hydroxylation is 2. The molecule has 354 valence electrons. The van der Waals surface area contributed by atoms with Crippen molar-refractivity contribution in [2.75, 3.05) is 0 Å². The summed E-state index contributed by atoms with van der Waals surface area (Å²) in [5, 5.41) is 0. The van der Waals surface area contributed by atoms with E-state index in [0.29, 0.717) is 17.5 Å². The Hall–Kier alpha value is -9.64. The first-order chi connectivity index (χ1) is 37.0. The summed E-state index contributed by atoms with van der Waals surface area (Å²) in [6, 6.07) is 95.7. The van der Waals surface area contributed by atoms with Gasteiger partial charge in [-0.15, -0.1) is 0 Å². The van der Waals surface area contributed by atoms with Crippen LogP contribution in [0.2, 0.25) is 0 Å². The third-order valence-corrected chi connectivity index (χ3v) is 14.9. The monoisotopic (exact) mass is 958 g/mol. The zero-order valence-electron chi connectivity index (χ0n) is 41.7. The first-order valence-corrected chi connectivity index (χ1v) is 25.6. The molecule has 0 radical (unpaired) electrons. The van der Waals surface area contributed by atoms with Crippen LogP contribution in [0.3, 0.4) is 0 Å². The summed E-state index contributed by atoms with van der Waals surface area (Å²) in [6.07, 6.45) is 0. The summed E-state index contributed by atoms with van der Waals surface area (Å²) < 4.78 is 0. The van der Waals surface area contributed by atoms with Crippen LogP contribution in [0, 0.1) is 13.8 Å². The van der Waals surface area contributed by atoms with Crippen LogP contribution in [0.25, 0.3) is 101 Å². The van der Waals surface area contributed by atoms with Crippen LogP contribution in [-0.4, -0.2) is 19.9 Å². The van der Waals surface area contributed by atoms with Gasteiger partial charge in [-0.3, -0.25) is 4.98 Å². The van der Waals surface area contributed by atoms with Gasteiger partial charge in [0.1, 0.15) is 0 Å². The predicted octanol–water partition coefficient (Wildman–Crippen LogP) is 17.6. The van der Waals surface area contributed by atoms with Crippen LogP contribution in [-0.2, 0) is 5.41 Å². The third-order valence-electron chi connectivity index (χ3n) is 14.9. The molecule has 4 heteroatoms. The second-order valence-electron chi connectivity index (χ2n) is 19.4. The Balaban J connectivity index is 1.02. The summed E-state index contributed by atoms with van der Waals surface area (Å²) in [7, 11) is 0. The Morgan fingerprint density at radius 1 is 0.253 bits per heavy atom. The van der Waals surface area contributed by atoms with Crippen molar-refractivity contribution in [2.45, 2.75) is 19.3 Å². The molecule has 1 aliphatic carbocycles. The highest BCUT2D eigenvalue weighted by Gasteiger charge is 2.47. The number of benzene rings is 10. The Labute approximate surface area is 438 Å². The molecule has 0 unspecified atom stereocenters. The quantitative estimate of drug-likeness (QED) is 0.137. The maximum absolute atomic E-state index is 5.49. The highest BCUT2D eigenvalue weighted by atomic mass is 15.0. The fourth-order valence-corrected chi connectivity index (χ4v) is 11.5. The number of aromatic nitrogens is 4. The average Bonchev–Trinajstić information content (AvgIpc) is 3.93. The lowest BCUT2D eigenvalue weighted by Crippen LogP contribution is -2.28. The fourth-order valence-electron chi connectivity index (χ4n) is 11.5. The maximum Gasteiger partial charge on any atom is 0.164 e. The third kappa shape index (κ3) is 8.05. The minimum atomic E-state index is -0.580. The molecule has 75 heavy (non-hydrogen) atoms. The Bertz CT molecular complexity index is 3940. The number of pyridine rings is 1. The summed E-state index contributed by atoms with van der Waals surface area (Å²) in [6.45, 7) is 4.10. The van der Waals surface area contributed by atoms with Crippen LogP contribution < -0.4 is 0 Å². The molecular weight excluding hydrogens is 909 g/mol. The van der Waals surface area contributed by atoms with E-state index in [-0.39, 0.29) is 0 Å². The van der Waals surface area contributed by atoms with Crippen LogP contribution >= 0.6 is 0 Å². The molecule has 0 N–H and O–H groups in total. The van der Waals surface area contributed by atoms with E-state index >= 15 is 0 Å². The van der Waals surface area contributed by atoms with Crippen molar-refractivity contribution in [3.63, 3.8) is 0 Å². The van der Waals surface area contributed by atoms with Gasteiger partial charge >= 0.3 is 0 Å². The zero-order valence-corrected chi connectivity index (χ0v) is 41.7. The van der Waals surface area contributed by atoms with E-state index in [1.54, 1.807) is 0 Å². The lowest BCUT2D eigenvalue weighted by atomic mass is 9.67. The molecule has 0 aliphatic heterocycles. The highest BCUT2D eigenvalue weighted by molar-refractivity contribution is 5.98. The Morgan fingerprint density at radius 3 is 1.33 bits per heavy atom. The van der Waals surface area contributed by atoms with Crippen molar-refractivity contribution >= 4 is 0 Å². The number of rotatable bonds is 10. The molecule has 12 aromatic rings. The minimum Gasteiger partial charge on any atom is -0.258 e. The van der Waals surface area contributed by atoms with Gasteiger partial charge < -0.3 is 0 Å². The smallest absolute Gasteiger partial charge is 0.164 e.